The van der Waals surface area contributed by atoms with Gasteiger partial charge >= 0.3 is 6.03 Å². The van der Waals surface area contributed by atoms with Crippen LogP contribution in [-0.4, -0.2) is 22.9 Å². The Bertz CT molecular complexity index is 775. The van der Waals surface area contributed by atoms with Gasteiger partial charge in [-0.2, -0.15) is 0 Å². The first-order valence-electron chi connectivity index (χ1n) is 8.69. The van der Waals surface area contributed by atoms with Gasteiger partial charge in [-0.05, 0) is 48.7 Å². The van der Waals surface area contributed by atoms with Crippen molar-refractivity contribution in [1.29, 1.82) is 0 Å². The molecule has 1 atom stereocenters. The Morgan fingerprint density at radius 3 is 2.38 bits per heavy atom. The third-order valence-corrected chi connectivity index (χ3v) is 4.81. The van der Waals surface area contributed by atoms with Crippen LogP contribution < -0.4 is 10.6 Å². The second-order valence-corrected chi connectivity index (χ2v) is 6.98. The third kappa shape index (κ3) is 4.76. The molecule has 136 valence electrons. The van der Waals surface area contributed by atoms with Crippen molar-refractivity contribution in [3.05, 3.63) is 64.7 Å². The number of anilines is 1. The minimum Gasteiger partial charge on any atom is -0.336 e. The van der Waals surface area contributed by atoms with E-state index in [2.05, 4.69) is 17.6 Å². The Labute approximate surface area is 158 Å². The van der Waals surface area contributed by atoms with E-state index in [1.807, 2.05) is 41.3 Å². The second-order valence-electron chi connectivity index (χ2n) is 6.54. The van der Waals surface area contributed by atoms with E-state index in [1.165, 1.54) is 0 Å². The Morgan fingerprint density at radius 1 is 1.12 bits per heavy atom. The van der Waals surface area contributed by atoms with Gasteiger partial charge in [0.05, 0.1) is 0 Å². The van der Waals surface area contributed by atoms with Gasteiger partial charge in [-0.3, -0.25) is 4.79 Å². The lowest BCUT2D eigenvalue weighted by molar-refractivity contribution is -0.129. The molecule has 1 heterocycles. The number of carbonyl (C=O) groups is 2. The molecule has 0 aliphatic carbocycles. The predicted octanol–water partition coefficient (Wildman–Crippen LogP) is 4.17. The molecule has 1 saturated heterocycles. The molecule has 6 heteroatoms. The number of nitrogens with one attached hydrogen (secondary N) is 2. The molecule has 2 aromatic carbocycles. The van der Waals surface area contributed by atoms with Crippen LogP contribution in [0.2, 0.25) is 5.02 Å². The summed E-state index contributed by atoms with van der Waals surface area (Å²) in [6.45, 7) is 3.12. The molecule has 0 unspecified atom stereocenters. The topological polar surface area (TPSA) is 61.4 Å². The van der Waals surface area contributed by atoms with Crippen molar-refractivity contribution < 1.29 is 9.59 Å². The van der Waals surface area contributed by atoms with E-state index in [4.69, 9.17) is 11.6 Å². The van der Waals surface area contributed by atoms with Gasteiger partial charge in [-0.15, -0.1) is 0 Å². The predicted molar refractivity (Wildman–Crippen MR) is 103 cm³/mol. The van der Waals surface area contributed by atoms with E-state index in [0.717, 1.165) is 17.5 Å². The van der Waals surface area contributed by atoms with E-state index in [-0.39, 0.29) is 11.9 Å². The van der Waals surface area contributed by atoms with Gasteiger partial charge in [0, 0.05) is 36.3 Å². The Kier molecular flexibility index (Phi) is 5.78. The fraction of sp³-hybridized carbons (Fsp3) is 0.300. The first-order valence-corrected chi connectivity index (χ1v) is 9.07. The van der Waals surface area contributed by atoms with Gasteiger partial charge < -0.3 is 15.5 Å². The Hall–Kier alpha value is -2.53. The summed E-state index contributed by atoms with van der Waals surface area (Å²) in [6, 6.07) is 14.9. The number of carbonyl (C=O) groups excluding carboxylic acids is 2. The molecule has 2 N–H and O–H groups in total. The number of rotatable bonds is 5. The summed E-state index contributed by atoms with van der Waals surface area (Å²) < 4.78 is 0. The lowest BCUT2D eigenvalue weighted by Gasteiger charge is -2.21. The maximum absolute atomic E-state index is 12.0. The number of hydrogen-bond donors (Lipinski definition) is 2. The molecule has 0 saturated carbocycles. The maximum Gasteiger partial charge on any atom is 0.319 e. The summed E-state index contributed by atoms with van der Waals surface area (Å²) in [6.07, 6.45) is 1.56. The van der Waals surface area contributed by atoms with Gasteiger partial charge in [0.25, 0.3) is 0 Å². The SMILES string of the molecule is C[C@@H]1CCC(=O)N1Cc1ccc(NC(=O)NCc2ccc(Cl)cc2)cc1. The normalized spacial score (nSPS) is 16.6. The number of hydrogen-bond acceptors (Lipinski definition) is 2. The number of urea groups is 1. The molecule has 0 spiro atoms. The van der Waals surface area contributed by atoms with Crippen molar-refractivity contribution in [3.8, 4) is 0 Å². The minimum atomic E-state index is -0.268. The summed E-state index contributed by atoms with van der Waals surface area (Å²) in [5.74, 6) is 0.210. The van der Waals surface area contributed by atoms with Crippen LogP contribution in [-0.2, 0) is 17.9 Å². The van der Waals surface area contributed by atoms with Crippen LogP contribution in [0.4, 0.5) is 10.5 Å². The fourth-order valence-corrected chi connectivity index (χ4v) is 3.10. The van der Waals surface area contributed by atoms with Crippen molar-refractivity contribution in [2.24, 2.45) is 0 Å². The lowest BCUT2D eigenvalue weighted by atomic mass is 10.2. The Morgan fingerprint density at radius 2 is 1.77 bits per heavy atom. The molecule has 1 aliphatic heterocycles. The average molecular weight is 372 g/mol. The molecule has 0 radical (unpaired) electrons. The zero-order valence-electron chi connectivity index (χ0n) is 14.7. The molecule has 26 heavy (non-hydrogen) atoms. The summed E-state index contributed by atoms with van der Waals surface area (Å²) >= 11 is 5.84. The summed E-state index contributed by atoms with van der Waals surface area (Å²) in [4.78, 5) is 25.8. The number of likely N-dealkylation sites (tertiary alicyclic amines) is 1. The molecule has 0 aromatic heterocycles. The average Bonchev–Trinajstić information content (AvgIpc) is 2.95. The highest BCUT2D eigenvalue weighted by Crippen LogP contribution is 2.21. The molecule has 1 fully saturated rings. The number of nitrogens with zero attached hydrogens (tertiary/aromatic N) is 1. The fourth-order valence-electron chi connectivity index (χ4n) is 2.97. The molecule has 5 nitrogen and oxygen atoms in total. The molecule has 3 rings (SSSR count). The van der Waals surface area contributed by atoms with Crippen molar-refractivity contribution in [3.63, 3.8) is 0 Å². The van der Waals surface area contributed by atoms with Gasteiger partial charge in [0.2, 0.25) is 5.91 Å². The zero-order chi connectivity index (χ0) is 18.5. The van der Waals surface area contributed by atoms with E-state index in [9.17, 15) is 9.59 Å². The van der Waals surface area contributed by atoms with Crippen molar-refractivity contribution >= 4 is 29.2 Å². The van der Waals surface area contributed by atoms with Crippen molar-refractivity contribution in [2.75, 3.05) is 5.32 Å². The summed E-state index contributed by atoms with van der Waals surface area (Å²) in [5.41, 5.74) is 2.74. The molecule has 1 aliphatic rings. The van der Waals surface area contributed by atoms with Crippen molar-refractivity contribution in [2.45, 2.75) is 38.9 Å². The quantitative estimate of drug-likeness (QED) is 0.828. The molecule has 0 bridgehead atoms. The van der Waals surface area contributed by atoms with Crippen LogP contribution in [0.5, 0.6) is 0 Å². The van der Waals surface area contributed by atoms with Crippen molar-refractivity contribution in [1.82, 2.24) is 10.2 Å². The second kappa shape index (κ2) is 8.23. The third-order valence-electron chi connectivity index (χ3n) is 4.56. The number of benzene rings is 2. The largest absolute Gasteiger partial charge is 0.336 e. The van der Waals surface area contributed by atoms with Gasteiger partial charge in [-0.25, -0.2) is 4.79 Å². The van der Waals surface area contributed by atoms with Crippen LogP contribution >= 0.6 is 11.6 Å². The number of amides is 3. The van der Waals surface area contributed by atoms with Crippen LogP contribution in [0.25, 0.3) is 0 Å². The van der Waals surface area contributed by atoms with Gasteiger partial charge in [-0.1, -0.05) is 35.9 Å². The van der Waals surface area contributed by atoms with E-state index < -0.39 is 0 Å². The van der Waals surface area contributed by atoms with Crippen LogP contribution in [0, 0.1) is 0 Å². The highest BCUT2D eigenvalue weighted by molar-refractivity contribution is 6.30. The molecule has 2 aromatic rings. The maximum atomic E-state index is 12.0. The van der Waals surface area contributed by atoms with Crippen LogP contribution in [0.15, 0.2) is 48.5 Å². The number of halogens is 1. The summed E-state index contributed by atoms with van der Waals surface area (Å²) in [7, 11) is 0. The summed E-state index contributed by atoms with van der Waals surface area (Å²) in [5, 5.41) is 6.28. The first-order chi connectivity index (χ1) is 12.5. The molecular formula is C20H22ClN3O2. The van der Waals surface area contributed by atoms with Crippen LogP contribution in [0.1, 0.15) is 30.9 Å². The monoisotopic (exact) mass is 371 g/mol. The highest BCUT2D eigenvalue weighted by Gasteiger charge is 2.27. The lowest BCUT2D eigenvalue weighted by Crippen LogP contribution is -2.30. The smallest absolute Gasteiger partial charge is 0.319 e. The zero-order valence-corrected chi connectivity index (χ0v) is 15.4. The van der Waals surface area contributed by atoms with Gasteiger partial charge in [0.1, 0.15) is 0 Å². The first kappa shape index (κ1) is 18.3. The van der Waals surface area contributed by atoms with E-state index in [0.29, 0.717) is 36.3 Å². The highest BCUT2D eigenvalue weighted by atomic mass is 35.5. The van der Waals surface area contributed by atoms with Crippen LogP contribution in [0.3, 0.4) is 0 Å². The minimum absolute atomic E-state index is 0.210. The van der Waals surface area contributed by atoms with Gasteiger partial charge in [0.15, 0.2) is 0 Å². The van der Waals surface area contributed by atoms with E-state index in [1.54, 1.807) is 12.1 Å². The molecular weight excluding hydrogens is 350 g/mol. The Balaban J connectivity index is 1.49. The molecule has 3 amide bonds. The van der Waals surface area contributed by atoms with E-state index >= 15 is 0 Å². The standard InChI is InChI=1S/C20H22ClN3O2/c1-14-2-11-19(25)24(14)13-16-5-9-18(10-6-16)23-20(26)22-12-15-3-7-17(21)8-4-15/h3-10,14H,2,11-13H2,1H3,(H2,22,23,26)/t14-/m1/s1.